The van der Waals surface area contributed by atoms with E-state index in [1.807, 2.05) is 30.3 Å². The van der Waals surface area contributed by atoms with E-state index in [9.17, 15) is 9.59 Å². The number of piperidine rings is 1. The van der Waals surface area contributed by atoms with E-state index in [-0.39, 0.29) is 29.6 Å². The molecule has 2 amide bonds. The minimum atomic E-state index is -0.257. The lowest BCUT2D eigenvalue weighted by molar-refractivity contribution is -0.123. The first-order chi connectivity index (χ1) is 10.6. The number of hydrogen-bond acceptors (Lipinski definition) is 2. The van der Waals surface area contributed by atoms with E-state index < -0.39 is 0 Å². The summed E-state index contributed by atoms with van der Waals surface area (Å²) >= 11 is 11.9. The smallest absolute Gasteiger partial charge is 0.238 e. The molecule has 4 rings (SSSR count). The Morgan fingerprint density at radius 3 is 1.86 bits per heavy atom. The lowest BCUT2D eigenvalue weighted by Gasteiger charge is -2.19. The lowest BCUT2D eigenvalue weighted by atomic mass is 10.1. The van der Waals surface area contributed by atoms with Crippen molar-refractivity contribution in [2.75, 3.05) is 4.90 Å². The molecule has 110 valence electrons. The molecule has 1 aliphatic carbocycles. The van der Waals surface area contributed by atoms with Gasteiger partial charge in [0.25, 0.3) is 0 Å². The van der Waals surface area contributed by atoms with Crippen LogP contribution in [0.15, 0.2) is 48.5 Å². The van der Waals surface area contributed by atoms with Crippen LogP contribution in [0.25, 0.3) is 0 Å². The van der Waals surface area contributed by atoms with Gasteiger partial charge in [0.2, 0.25) is 11.8 Å². The van der Waals surface area contributed by atoms with Gasteiger partial charge < -0.3 is 0 Å². The minimum Gasteiger partial charge on any atom is -0.274 e. The molecule has 5 heteroatoms. The number of imide groups is 1. The molecule has 0 aromatic heterocycles. The van der Waals surface area contributed by atoms with Crippen molar-refractivity contribution in [3.05, 3.63) is 64.1 Å². The van der Waals surface area contributed by atoms with Crippen molar-refractivity contribution < 1.29 is 9.59 Å². The number of nitrogens with zero attached hydrogens (tertiary/aromatic N) is 1. The lowest BCUT2D eigenvalue weighted by Crippen LogP contribution is -2.34. The van der Waals surface area contributed by atoms with Gasteiger partial charge >= 0.3 is 0 Å². The number of halogens is 2. The molecule has 0 radical (unpaired) electrons. The Morgan fingerprint density at radius 1 is 0.773 bits per heavy atom. The Morgan fingerprint density at radius 2 is 1.32 bits per heavy atom. The van der Waals surface area contributed by atoms with Gasteiger partial charge in [0.15, 0.2) is 0 Å². The van der Waals surface area contributed by atoms with E-state index in [2.05, 4.69) is 0 Å². The highest BCUT2D eigenvalue weighted by Crippen LogP contribution is 2.60. The molecule has 1 saturated heterocycles. The Kier molecular flexibility index (Phi) is 3.03. The van der Waals surface area contributed by atoms with Crippen LogP contribution in [-0.4, -0.2) is 11.8 Å². The largest absolute Gasteiger partial charge is 0.274 e. The van der Waals surface area contributed by atoms with E-state index in [0.29, 0.717) is 15.7 Å². The first-order valence-electron chi connectivity index (χ1n) is 6.97. The molecule has 2 fully saturated rings. The summed E-state index contributed by atoms with van der Waals surface area (Å²) in [6.07, 6.45) is 0. The molecule has 3 atom stereocenters. The first kappa shape index (κ1) is 13.8. The van der Waals surface area contributed by atoms with Crippen LogP contribution in [-0.2, 0) is 9.59 Å². The van der Waals surface area contributed by atoms with Crippen molar-refractivity contribution in [1.82, 2.24) is 0 Å². The highest BCUT2D eigenvalue weighted by molar-refractivity contribution is 6.36. The fourth-order valence-electron chi connectivity index (χ4n) is 3.34. The minimum absolute atomic E-state index is 0.00658. The fourth-order valence-corrected chi connectivity index (χ4v) is 3.86. The van der Waals surface area contributed by atoms with Crippen molar-refractivity contribution in [3.63, 3.8) is 0 Å². The predicted octanol–water partition coefficient (Wildman–Crippen LogP) is 3.90. The van der Waals surface area contributed by atoms with Crippen LogP contribution in [0.5, 0.6) is 0 Å². The van der Waals surface area contributed by atoms with E-state index >= 15 is 0 Å². The molecule has 2 aromatic carbocycles. The van der Waals surface area contributed by atoms with Crippen LogP contribution in [0, 0.1) is 11.8 Å². The monoisotopic (exact) mass is 331 g/mol. The molecule has 0 bridgehead atoms. The van der Waals surface area contributed by atoms with E-state index in [4.69, 9.17) is 23.2 Å². The van der Waals surface area contributed by atoms with Crippen molar-refractivity contribution in [2.24, 2.45) is 11.8 Å². The summed E-state index contributed by atoms with van der Waals surface area (Å²) in [5.41, 5.74) is 1.49. The quantitative estimate of drug-likeness (QED) is 0.782. The van der Waals surface area contributed by atoms with Gasteiger partial charge in [-0.15, -0.1) is 0 Å². The van der Waals surface area contributed by atoms with Gasteiger partial charge in [-0.25, -0.2) is 4.90 Å². The summed E-state index contributed by atoms with van der Waals surface area (Å²) < 4.78 is 0. The summed E-state index contributed by atoms with van der Waals surface area (Å²) in [5, 5.41) is 0.812. The number of carbonyl (C=O) groups is 2. The summed E-state index contributed by atoms with van der Waals surface area (Å²) in [4.78, 5) is 26.4. The van der Waals surface area contributed by atoms with Gasteiger partial charge in [0, 0.05) is 16.0 Å². The van der Waals surface area contributed by atoms with E-state index in [0.717, 1.165) is 5.56 Å². The summed E-state index contributed by atoms with van der Waals surface area (Å²) in [7, 11) is 0. The SMILES string of the molecule is O=C1C2C(c3ccccc3)[C@@H]2C(=O)N1c1cc(Cl)cc(Cl)c1. The van der Waals surface area contributed by atoms with Crippen LogP contribution in [0.4, 0.5) is 5.69 Å². The molecule has 2 aromatic rings. The van der Waals surface area contributed by atoms with Crippen LogP contribution in [0.3, 0.4) is 0 Å². The number of amides is 2. The Hall–Kier alpha value is -1.84. The van der Waals surface area contributed by atoms with Gasteiger partial charge in [-0.2, -0.15) is 0 Å². The molecule has 22 heavy (non-hydrogen) atoms. The Labute approximate surface area is 137 Å². The second-order valence-corrected chi connectivity index (χ2v) is 6.50. The van der Waals surface area contributed by atoms with Crippen LogP contribution in [0.2, 0.25) is 10.0 Å². The molecule has 2 aliphatic rings. The summed E-state index contributed by atoms with van der Waals surface area (Å²) in [6.45, 7) is 0. The molecule has 0 spiro atoms. The maximum atomic E-state index is 12.6. The van der Waals surface area contributed by atoms with Gasteiger partial charge in [-0.1, -0.05) is 53.5 Å². The molecular weight excluding hydrogens is 321 g/mol. The van der Waals surface area contributed by atoms with Crippen LogP contribution >= 0.6 is 23.2 Å². The molecule has 2 unspecified atom stereocenters. The predicted molar refractivity (Wildman–Crippen MR) is 85.1 cm³/mol. The Balaban J connectivity index is 1.66. The van der Waals surface area contributed by atoms with Crippen molar-refractivity contribution in [3.8, 4) is 0 Å². The highest BCUT2D eigenvalue weighted by atomic mass is 35.5. The normalized spacial score (nSPS) is 26.3. The molecule has 3 nitrogen and oxygen atoms in total. The number of anilines is 1. The third-order valence-electron chi connectivity index (χ3n) is 4.32. The van der Waals surface area contributed by atoms with Crippen molar-refractivity contribution in [2.45, 2.75) is 5.92 Å². The zero-order valence-electron chi connectivity index (χ0n) is 11.4. The zero-order chi connectivity index (χ0) is 15.4. The third kappa shape index (κ3) is 1.97. The highest BCUT2D eigenvalue weighted by Gasteiger charge is 2.67. The van der Waals surface area contributed by atoms with Gasteiger partial charge in [0.1, 0.15) is 0 Å². The Bertz CT molecular complexity index is 748. The molecular formula is C17H11Cl2NO2. The molecule has 1 saturated carbocycles. The standard InChI is InChI=1S/C17H11Cl2NO2/c18-10-6-11(19)8-12(7-10)20-16(21)14-13(15(14)17(20)22)9-4-2-1-3-5-9/h1-8,13-15H/t13?,14-,15?/m0/s1. The number of hydrogen-bond donors (Lipinski definition) is 0. The second-order valence-electron chi connectivity index (χ2n) is 5.63. The first-order valence-corrected chi connectivity index (χ1v) is 7.72. The number of fused-ring (bicyclic) bond motifs is 1. The molecule has 1 heterocycles. The molecule has 0 N–H and O–H groups in total. The maximum absolute atomic E-state index is 12.6. The summed E-state index contributed by atoms with van der Waals surface area (Å²) in [5.74, 6) is -0.836. The van der Waals surface area contributed by atoms with Crippen LogP contribution in [0.1, 0.15) is 11.5 Å². The number of carbonyl (C=O) groups excluding carboxylic acids is 2. The third-order valence-corrected chi connectivity index (χ3v) is 4.76. The van der Waals surface area contributed by atoms with Crippen molar-refractivity contribution in [1.29, 1.82) is 0 Å². The zero-order valence-corrected chi connectivity index (χ0v) is 12.9. The van der Waals surface area contributed by atoms with Crippen molar-refractivity contribution >= 4 is 40.7 Å². The van der Waals surface area contributed by atoms with Gasteiger partial charge in [-0.3, -0.25) is 9.59 Å². The summed E-state index contributed by atoms with van der Waals surface area (Å²) in [6, 6.07) is 14.4. The maximum Gasteiger partial charge on any atom is 0.238 e. The van der Waals surface area contributed by atoms with E-state index in [1.165, 1.54) is 4.90 Å². The van der Waals surface area contributed by atoms with Crippen LogP contribution < -0.4 is 4.90 Å². The fraction of sp³-hybridized carbons (Fsp3) is 0.176. The second kappa shape index (κ2) is 4.83. The number of rotatable bonds is 2. The van der Waals surface area contributed by atoms with Gasteiger partial charge in [-0.05, 0) is 23.8 Å². The van der Waals surface area contributed by atoms with Gasteiger partial charge in [0.05, 0.1) is 17.5 Å². The molecule has 1 aliphatic heterocycles. The topological polar surface area (TPSA) is 37.4 Å². The average molecular weight is 332 g/mol. The number of benzene rings is 2. The average Bonchev–Trinajstić information content (AvgIpc) is 3.16. The van der Waals surface area contributed by atoms with E-state index in [1.54, 1.807) is 18.2 Å².